The third kappa shape index (κ3) is 8.73. The van der Waals surface area contributed by atoms with Gasteiger partial charge in [-0.3, -0.25) is 9.28 Å². The molecule has 0 radical (unpaired) electrons. The number of aryl methyl sites for hydroxylation is 1. The van der Waals surface area contributed by atoms with Crippen molar-refractivity contribution < 1.29 is 24.0 Å². The van der Waals surface area contributed by atoms with Gasteiger partial charge in [0.05, 0.1) is 26.1 Å². The van der Waals surface area contributed by atoms with Crippen molar-refractivity contribution in [1.29, 1.82) is 0 Å². The molecule has 0 saturated heterocycles. The van der Waals surface area contributed by atoms with Crippen molar-refractivity contribution in [3.8, 4) is 11.1 Å². The van der Waals surface area contributed by atoms with Crippen LogP contribution in [0.3, 0.4) is 0 Å². The van der Waals surface area contributed by atoms with E-state index in [1.807, 2.05) is 49.6 Å². The Morgan fingerprint density at radius 3 is 2.40 bits per heavy atom. The number of quaternary nitrogens is 1. The molecule has 2 amide bonds. The number of benzene rings is 2. The summed E-state index contributed by atoms with van der Waals surface area (Å²) in [7, 11) is 2.12. The van der Waals surface area contributed by atoms with Crippen LogP contribution >= 0.6 is 11.8 Å². The standard InChI is InChI=1S/C32H44N2O4S.Li.H/c1-5-11-30(35)34(3,25-13-7-6-8-14-25)20-18-24-16-17-27(28(22-24)26-15-10-9-12-23(26)2)31(36)33-29(32(37)38)19-21-39-4;;/h9-10,12,15-17,22,25,29H,5-8,11,13-14,18-21H2,1-4H3,(H-,33,36,37,38);;/p+1/t29-,34?;;/m0../s1. The zero-order chi connectivity index (χ0) is 28.4. The molecular formula is C32H46LiN2O4S+. The number of hydrogen-bond donors (Lipinski definition) is 2. The molecule has 214 valence electrons. The molecule has 2 aromatic carbocycles. The molecule has 1 aliphatic carbocycles. The van der Waals surface area contributed by atoms with Gasteiger partial charge in [0.1, 0.15) is 6.04 Å². The van der Waals surface area contributed by atoms with Gasteiger partial charge < -0.3 is 10.4 Å². The average molecular weight is 562 g/mol. The number of likely N-dealkylation sites (N-methyl/N-ethyl adjacent to an activating group) is 1. The normalized spacial score (nSPS) is 15.9. The Hall–Kier alpha value is -2.04. The summed E-state index contributed by atoms with van der Waals surface area (Å²) in [4.78, 5) is 38.6. The number of amides is 2. The molecule has 2 atom stereocenters. The van der Waals surface area contributed by atoms with Gasteiger partial charge in [-0.1, -0.05) is 49.7 Å². The number of nitrogens with zero attached hydrogens (tertiary/aromatic N) is 1. The number of hydrogen-bond acceptors (Lipinski definition) is 4. The van der Waals surface area contributed by atoms with Crippen molar-refractivity contribution in [1.82, 2.24) is 5.32 Å². The Morgan fingerprint density at radius 1 is 1.07 bits per heavy atom. The van der Waals surface area contributed by atoms with Gasteiger partial charge in [0, 0.05) is 12.0 Å². The van der Waals surface area contributed by atoms with Crippen LogP contribution in [0.1, 0.15) is 79.8 Å². The van der Waals surface area contributed by atoms with Gasteiger partial charge in [0.15, 0.2) is 0 Å². The van der Waals surface area contributed by atoms with Crippen LogP contribution in [-0.4, -0.2) is 83.9 Å². The second kappa shape index (κ2) is 16.4. The molecular weight excluding hydrogens is 515 g/mol. The number of thioether (sulfide) groups is 1. The number of carboxylic acid groups (broad SMARTS) is 1. The summed E-state index contributed by atoms with van der Waals surface area (Å²) in [6, 6.07) is 13.2. The summed E-state index contributed by atoms with van der Waals surface area (Å²) in [5.74, 6) is -0.433. The first-order chi connectivity index (χ1) is 18.7. The number of carboxylic acids is 1. The van der Waals surface area contributed by atoms with Crippen LogP contribution < -0.4 is 5.32 Å². The van der Waals surface area contributed by atoms with E-state index < -0.39 is 12.0 Å². The zero-order valence-corrected chi connectivity index (χ0v) is 24.8. The fourth-order valence-electron chi connectivity index (χ4n) is 5.76. The molecule has 1 unspecified atom stereocenters. The molecule has 0 spiro atoms. The molecule has 8 heteroatoms. The minimum absolute atomic E-state index is 0. The van der Waals surface area contributed by atoms with Crippen molar-refractivity contribution in [2.75, 3.05) is 25.6 Å². The summed E-state index contributed by atoms with van der Waals surface area (Å²) in [5, 5.41) is 12.4. The van der Waals surface area contributed by atoms with Crippen molar-refractivity contribution in [2.24, 2.45) is 0 Å². The quantitative estimate of drug-likeness (QED) is 0.246. The van der Waals surface area contributed by atoms with Gasteiger partial charge in [0.25, 0.3) is 5.91 Å². The van der Waals surface area contributed by atoms with Crippen LogP contribution in [0, 0.1) is 6.92 Å². The first kappa shape index (κ1) is 34.2. The molecule has 2 N–H and O–H groups in total. The van der Waals surface area contributed by atoms with E-state index in [1.54, 1.807) is 11.8 Å². The zero-order valence-electron chi connectivity index (χ0n) is 24.0. The van der Waals surface area contributed by atoms with Crippen LogP contribution in [0.5, 0.6) is 0 Å². The summed E-state index contributed by atoms with van der Waals surface area (Å²) < 4.78 is 0.478. The molecule has 1 saturated carbocycles. The molecule has 2 aromatic rings. The van der Waals surface area contributed by atoms with E-state index in [4.69, 9.17) is 0 Å². The van der Waals surface area contributed by atoms with E-state index >= 15 is 0 Å². The predicted molar refractivity (Wildman–Crippen MR) is 167 cm³/mol. The summed E-state index contributed by atoms with van der Waals surface area (Å²) >= 11 is 1.56. The molecule has 40 heavy (non-hydrogen) atoms. The van der Waals surface area contributed by atoms with Crippen molar-refractivity contribution in [3.05, 3.63) is 59.2 Å². The van der Waals surface area contributed by atoms with Gasteiger partial charge in [-0.25, -0.2) is 9.59 Å². The topological polar surface area (TPSA) is 83.5 Å². The van der Waals surface area contributed by atoms with Gasteiger partial charge >= 0.3 is 30.7 Å². The molecule has 0 aromatic heterocycles. The fraction of sp³-hybridized carbons (Fsp3) is 0.531. The summed E-state index contributed by atoms with van der Waals surface area (Å²) in [6.07, 6.45) is 10.3. The first-order valence-electron chi connectivity index (χ1n) is 14.3. The van der Waals surface area contributed by atoms with Crippen LogP contribution in [0.15, 0.2) is 42.5 Å². The second-order valence-electron chi connectivity index (χ2n) is 11.0. The number of rotatable bonds is 13. The van der Waals surface area contributed by atoms with E-state index in [0.717, 1.165) is 54.5 Å². The maximum absolute atomic E-state index is 13.4. The second-order valence-corrected chi connectivity index (χ2v) is 12.0. The van der Waals surface area contributed by atoms with Crippen molar-refractivity contribution >= 4 is 48.4 Å². The van der Waals surface area contributed by atoms with Gasteiger partial charge in [-0.2, -0.15) is 11.8 Å². The third-order valence-corrected chi connectivity index (χ3v) is 8.90. The Kier molecular flexibility index (Phi) is 14.0. The summed E-state index contributed by atoms with van der Waals surface area (Å²) in [5.41, 5.74) is 4.33. The molecule has 0 heterocycles. The number of nitrogens with one attached hydrogen (secondary N) is 1. The van der Waals surface area contributed by atoms with E-state index in [-0.39, 0.29) is 24.8 Å². The Balaban J connectivity index is 0.00000560. The molecule has 1 aliphatic rings. The Morgan fingerprint density at radius 2 is 1.77 bits per heavy atom. The SMILES string of the molecule is CCCC(=O)[N+](C)(CCc1ccc(C(=O)N[C@@H](CCSC)C(=O)O)c(-c2ccccc2C)c1)C1CCCCC1.[LiH]. The molecule has 6 nitrogen and oxygen atoms in total. The summed E-state index contributed by atoms with van der Waals surface area (Å²) in [6.45, 7) is 4.82. The number of carbonyl (C=O) groups excluding carboxylic acids is 2. The number of carbonyl (C=O) groups is 3. The monoisotopic (exact) mass is 561 g/mol. The molecule has 0 bridgehead atoms. The molecule has 1 fully saturated rings. The van der Waals surface area contributed by atoms with Crippen LogP contribution in [0.4, 0.5) is 0 Å². The average Bonchev–Trinajstić information content (AvgIpc) is 2.94. The van der Waals surface area contributed by atoms with Crippen molar-refractivity contribution in [2.45, 2.75) is 83.7 Å². The van der Waals surface area contributed by atoms with Crippen LogP contribution in [0.25, 0.3) is 11.1 Å². The van der Waals surface area contributed by atoms with E-state index in [1.165, 1.54) is 19.3 Å². The third-order valence-electron chi connectivity index (χ3n) is 8.26. The maximum atomic E-state index is 13.4. The van der Waals surface area contributed by atoms with Crippen LogP contribution in [-0.2, 0) is 16.0 Å². The van der Waals surface area contributed by atoms with E-state index in [2.05, 4.69) is 25.4 Å². The minimum atomic E-state index is -1.03. The predicted octanol–water partition coefficient (Wildman–Crippen LogP) is 5.60. The van der Waals surface area contributed by atoms with Crippen molar-refractivity contribution in [3.63, 3.8) is 0 Å². The van der Waals surface area contributed by atoms with Gasteiger partial charge in [0.2, 0.25) is 0 Å². The van der Waals surface area contributed by atoms with E-state index in [0.29, 0.717) is 40.6 Å². The van der Waals surface area contributed by atoms with Gasteiger partial charge in [-0.05, 0) is 85.8 Å². The fourth-order valence-corrected chi connectivity index (χ4v) is 6.24. The van der Waals surface area contributed by atoms with Gasteiger partial charge in [-0.15, -0.1) is 0 Å². The Labute approximate surface area is 256 Å². The Bertz CT molecular complexity index is 1150. The molecule has 0 aliphatic heterocycles. The van der Waals surface area contributed by atoms with E-state index in [9.17, 15) is 19.5 Å². The van der Waals surface area contributed by atoms with Crippen LogP contribution in [0.2, 0.25) is 0 Å². The first-order valence-corrected chi connectivity index (χ1v) is 15.7. The number of aliphatic carboxylic acids is 1. The molecule has 3 rings (SSSR count).